The third kappa shape index (κ3) is 2.61. The Kier molecular flexibility index (Phi) is 3.69. The summed E-state index contributed by atoms with van der Waals surface area (Å²) in [6, 6.07) is 7.37. The van der Waals surface area contributed by atoms with E-state index in [1.165, 1.54) is 0 Å². The maximum Gasteiger partial charge on any atom is 0.320 e. The quantitative estimate of drug-likeness (QED) is 0.900. The summed E-state index contributed by atoms with van der Waals surface area (Å²) < 4.78 is 0. The number of hydrogen-bond donors (Lipinski definition) is 1. The van der Waals surface area contributed by atoms with Crippen molar-refractivity contribution in [2.24, 2.45) is 0 Å². The van der Waals surface area contributed by atoms with E-state index in [1.807, 2.05) is 36.1 Å². The van der Waals surface area contributed by atoms with Crippen LogP contribution in [0.3, 0.4) is 0 Å². The molecule has 2 unspecified atom stereocenters. The Balaban J connectivity index is 2.19. The second-order valence-electron chi connectivity index (χ2n) is 4.47. The smallest absolute Gasteiger partial charge is 0.320 e. The number of likely N-dealkylation sites (tertiary alicyclic amines) is 1. The Bertz CT molecular complexity index is 422. The minimum absolute atomic E-state index is 0.0947. The molecule has 92 valence electrons. The Morgan fingerprint density at radius 3 is 3.00 bits per heavy atom. The van der Waals surface area contributed by atoms with Crippen LogP contribution >= 0.6 is 11.6 Å². The number of carboxylic acid groups (broad SMARTS) is 1. The van der Waals surface area contributed by atoms with Gasteiger partial charge in [-0.2, -0.15) is 0 Å². The van der Waals surface area contributed by atoms with Gasteiger partial charge < -0.3 is 5.11 Å². The van der Waals surface area contributed by atoms with E-state index >= 15 is 0 Å². The van der Waals surface area contributed by atoms with Gasteiger partial charge in [0.2, 0.25) is 0 Å². The minimum atomic E-state index is -0.726. The molecule has 17 heavy (non-hydrogen) atoms. The largest absolute Gasteiger partial charge is 0.480 e. The highest BCUT2D eigenvalue weighted by Crippen LogP contribution is 2.30. The Hall–Kier alpha value is -1.06. The van der Waals surface area contributed by atoms with Crippen molar-refractivity contribution in [2.75, 3.05) is 6.54 Å². The lowest BCUT2D eigenvalue weighted by molar-refractivity contribution is -0.142. The van der Waals surface area contributed by atoms with Crippen LogP contribution in [0.5, 0.6) is 0 Å². The van der Waals surface area contributed by atoms with Gasteiger partial charge in [-0.05, 0) is 44.0 Å². The molecule has 0 amide bonds. The summed E-state index contributed by atoms with van der Waals surface area (Å²) in [6.07, 6.45) is 1.68. The van der Waals surface area contributed by atoms with Crippen LogP contribution in [0.4, 0.5) is 0 Å². The van der Waals surface area contributed by atoms with Gasteiger partial charge in [0.15, 0.2) is 0 Å². The first kappa shape index (κ1) is 12.4. The number of nitrogens with zero attached hydrogens (tertiary/aromatic N) is 1. The number of carboxylic acids is 1. The summed E-state index contributed by atoms with van der Waals surface area (Å²) in [5.74, 6) is -0.726. The molecule has 1 aromatic carbocycles. The monoisotopic (exact) mass is 253 g/mol. The van der Waals surface area contributed by atoms with E-state index in [1.54, 1.807) is 0 Å². The highest BCUT2D eigenvalue weighted by atomic mass is 35.5. The average Bonchev–Trinajstić information content (AvgIpc) is 2.77. The third-order valence-electron chi connectivity index (χ3n) is 3.41. The van der Waals surface area contributed by atoms with Gasteiger partial charge in [0.05, 0.1) is 0 Å². The molecule has 1 heterocycles. The zero-order valence-electron chi connectivity index (χ0n) is 9.77. The highest BCUT2D eigenvalue weighted by Gasteiger charge is 2.33. The SMILES string of the molecule is CC(c1cccc(Cl)c1)N1CCCC1C(=O)O. The topological polar surface area (TPSA) is 40.5 Å². The van der Waals surface area contributed by atoms with Crippen molar-refractivity contribution in [1.29, 1.82) is 0 Å². The summed E-state index contributed by atoms with van der Waals surface area (Å²) in [6.45, 7) is 2.87. The normalized spacial score (nSPS) is 22.6. The molecule has 2 atom stereocenters. The van der Waals surface area contributed by atoms with Crippen LogP contribution in [0, 0.1) is 0 Å². The molecule has 4 heteroatoms. The molecular formula is C13H16ClNO2. The third-order valence-corrected chi connectivity index (χ3v) is 3.64. The number of rotatable bonds is 3. The lowest BCUT2D eigenvalue weighted by Crippen LogP contribution is -2.37. The first-order valence-electron chi connectivity index (χ1n) is 5.83. The van der Waals surface area contributed by atoms with Gasteiger partial charge in [0.25, 0.3) is 0 Å². The zero-order chi connectivity index (χ0) is 12.4. The van der Waals surface area contributed by atoms with Crippen LogP contribution in [0.1, 0.15) is 31.4 Å². The van der Waals surface area contributed by atoms with Crippen molar-refractivity contribution in [3.8, 4) is 0 Å². The predicted octanol–water partition coefficient (Wildman–Crippen LogP) is 2.95. The Labute approximate surface area is 106 Å². The van der Waals surface area contributed by atoms with Crippen molar-refractivity contribution < 1.29 is 9.90 Å². The molecular weight excluding hydrogens is 238 g/mol. The van der Waals surface area contributed by atoms with Crippen LogP contribution in [0.25, 0.3) is 0 Å². The van der Waals surface area contributed by atoms with Crippen LogP contribution in [-0.4, -0.2) is 28.6 Å². The molecule has 0 radical (unpaired) electrons. The maximum atomic E-state index is 11.1. The van der Waals surface area contributed by atoms with Gasteiger partial charge >= 0.3 is 5.97 Å². The molecule has 0 saturated carbocycles. The standard InChI is InChI=1S/C13H16ClNO2/c1-9(10-4-2-5-11(14)8-10)15-7-3-6-12(15)13(16)17/h2,4-5,8-9,12H,3,6-7H2,1H3,(H,16,17). The van der Waals surface area contributed by atoms with Gasteiger partial charge in [-0.1, -0.05) is 23.7 Å². The fourth-order valence-corrected chi connectivity index (χ4v) is 2.67. The molecule has 1 aromatic rings. The summed E-state index contributed by atoms with van der Waals surface area (Å²) in [5, 5.41) is 9.86. The Morgan fingerprint density at radius 2 is 2.35 bits per heavy atom. The van der Waals surface area contributed by atoms with Crippen LogP contribution in [0.15, 0.2) is 24.3 Å². The van der Waals surface area contributed by atoms with Gasteiger partial charge in [0.1, 0.15) is 6.04 Å². The molecule has 1 fully saturated rings. The van der Waals surface area contributed by atoms with E-state index in [2.05, 4.69) is 0 Å². The number of halogens is 1. The fourth-order valence-electron chi connectivity index (χ4n) is 2.48. The molecule has 3 nitrogen and oxygen atoms in total. The second-order valence-corrected chi connectivity index (χ2v) is 4.90. The van der Waals surface area contributed by atoms with Gasteiger partial charge in [-0.25, -0.2) is 0 Å². The molecule has 1 N–H and O–H groups in total. The molecule has 0 aromatic heterocycles. The molecule has 1 aliphatic rings. The first-order chi connectivity index (χ1) is 8.09. The van der Waals surface area contributed by atoms with Crippen molar-refractivity contribution in [3.05, 3.63) is 34.9 Å². The molecule has 0 spiro atoms. The fraction of sp³-hybridized carbons (Fsp3) is 0.462. The van der Waals surface area contributed by atoms with E-state index in [0.29, 0.717) is 5.02 Å². The number of carbonyl (C=O) groups is 1. The van der Waals surface area contributed by atoms with E-state index in [4.69, 9.17) is 16.7 Å². The van der Waals surface area contributed by atoms with Crippen molar-refractivity contribution >= 4 is 17.6 Å². The van der Waals surface area contributed by atoms with Crippen molar-refractivity contribution in [1.82, 2.24) is 4.90 Å². The van der Waals surface area contributed by atoms with E-state index in [0.717, 1.165) is 24.9 Å². The molecule has 0 aliphatic carbocycles. The molecule has 0 bridgehead atoms. The van der Waals surface area contributed by atoms with Gasteiger partial charge in [-0.3, -0.25) is 9.69 Å². The van der Waals surface area contributed by atoms with E-state index in [9.17, 15) is 4.79 Å². The summed E-state index contributed by atoms with van der Waals surface area (Å²) in [5.41, 5.74) is 1.07. The van der Waals surface area contributed by atoms with Crippen molar-refractivity contribution in [3.63, 3.8) is 0 Å². The zero-order valence-corrected chi connectivity index (χ0v) is 10.5. The van der Waals surface area contributed by atoms with Gasteiger partial charge in [0, 0.05) is 11.1 Å². The summed E-state index contributed by atoms with van der Waals surface area (Å²) in [4.78, 5) is 13.2. The van der Waals surface area contributed by atoms with Crippen LogP contribution in [-0.2, 0) is 4.79 Å². The molecule has 1 saturated heterocycles. The number of benzene rings is 1. The lowest BCUT2D eigenvalue weighted by atomic mass is 10.1. The summed E-state index contributed by atoms with van der Waals surface area (Å²) in [7, 11) is 0. The maximum absolute atomic E-state index is 11.1. The van der Waals surface area contributed by atoms with Gasteiger partial charge in [-0.15, -0.1) is 0 Å². The molecule has 1 aliphatic heterocycles. The Morgan fingerprint density at radius 1 is 1.59 bits per heavy atom. The van der Waals surface area contributed by atoms with E-state index in [-0.39, 0.29) is 12.1 Å². The number of hydrogen-bond acceptors (Lipinski definition) is 2. The second kappa shape index (κ2) is 5.07. The average molecular weight is 254 g/mol. The summed E-state index contributed by atoms with van der Waals surface area (Å²) >= 11 is 5.96. The highest BCUT2D eigenvalue weighted by molar-refractivity contribution is 6.30. The number of aliphatic carboxylic acids is 1. The van der Waals surface area contributed by atoms with Crippen molar-refractivity contribution in [2.45, 2.75) is 31.8 Å². The van der Waals surface area contributed by atoms with Crippen LogP contribution in [0.2, 0.25) is 5.02 Å². The first-order valence-corrected chi connectivity index (χ1v) is 6.21. The van der Waals surface area contributed by atoms with E-state index < -0.39 is 5.97 Å². The minimum Gasteiger partial charge on any atom is -0.480 e. The predicted molar refractivity (Wildman–Crippen MR) is 67.2 cm³/mol. The molecule has 2 rings (SSSR count). The van der Waals surface area contributed by atoms with Crippen LogP contribution < -0.4 is 0 Å². The lowest BCUT2D eigenvalue weighted by Gasteiger charge is -2.28.